The summed E-state index contributed by atoms with van der Waals surface area (Å²) in [6, 6.07) is 1.44. The van der Waals surface area contributed by atoms with Crippen LogP contribution in [-0.2, 0) is 0 Å². The Morgan fingerprint density at radius 2 is 1.93 bits per heavy atom. The van der Waals surface area contributed by atoms with Gasteiger partial charge in [0.2, 0.25) is 0 Å². The van der Waals surface area contributed by atoms with E-state index in [1.807, 2.05) is 0 Å². The fourth-order valence-electron chi connectivity index (χ4n) is 2.51. The third-order valence-corrected chi connectivity index (χ3v) is 3.40. The van der Waals surface area contributed by atoms with Crippen LogP contribution in [0.4, 0.5) is 0 Å². The highest BCUT2D eigenvalue weighted by Crippen LogP contribution is 2.17. The minimum absolute atomic E-state index is 0.707. The summed E-state index contributed by atoms with van der Waals surface area (Å²) < 4.78 is 0. The van der Waals surface area contributed by atoms with Gasteiger partial charge in [-0.25, -0.2) is 0 Å². The van der Waals surface area contributed by atoms with Gasteiger partial charge < -0.3 is 5.32 Å². The molecule has 0 spiro atoms. The number of nitrogens with zero attached hydrogens (tertiary/aromatic N) is 1. The zero-order valence-electron chi connectivity index (χ0n) is 11.1. The molecule has 2 nitrogen and oxygen atoms in total. The van der Waals surface area contributed by atoms with E-state index in [1.165, 1.54) is 26.1 Å². The topological polar surface area (TPSA) is 15.3 Å². The number of piperazine rings is 1. The maximum atomic E-state index is 3.66. The maximum absolute atomic E-state index is 3.66. The average Bonchev–Trinajstić information content (AvgIpc) is 2.16. The molecule has 1 rings (SSSR count). The Hall–Kier alpha value is -0.0800. The average molecular weight is 212 g/mol. The Morgan fingerprint density at radius 3 is 2.40 bits per heavy atom. The van der Waals surface area contributed by atoms with Gasteiger partial charge >= 0.3 is 0 Å². The molecule has 0 aromatic rings. The first-order valence-corrected chi connectivity index (χ1v) is 6.52. The van der Waals surface area contributed by atoms with Gasteiger partial charge in [-0.05, 0) is 18.3 Å². The van der Waals surface area contributed by atoms with Crippen molar-refractivity contribution in [2.45, 2.75) is 53.1 Å². The molecule has 1 aliphatic rings. The molecular formula is C13H28N2. The lowest BCUT2D eigenvalue weighted by Gasteiger charge is -2.43. The molecule has 2 unspecified atom stereocenters. The molecule has 1 fully saturated rings. The lowest BCUT2D eigenvalue weighted by Crippen LogP contribution is -2.58. The molecule has 2 atom stereocenters. The van der Waals surface area contributed by atoms with Crippen LogP contribution in [0.25, 0.3) is 0 Å². The summed E-state index contributed by atoms with van der Waals surface area (Å²) in [5.74, 6) is 1.54. The van der Waals surface area contributed by atoms with E-state index >= 15 is 0 Å². The summed E-state index contributed by atoms with van der Waals surface area (Å²) >= 11 is 0. The Labute approximate surface area is 95.4 Å². The minimum atomic E-state index is 0.707. The molecule has 1 N–H and O–H groups in total. The maximum Gasteiger partial charge on any atom is 0.0244 e. The van der Waals surface area contributed by atoms with Crippen molar-refractivity contribution >= 4 is 0 Å². The van der Waals surface area contributed by atoms with Crippen LogP contribution in [0.5, 0.6) is 0 Å². The Balaban J connectivity index is 2.56. The fourth-order valence-corrected chi connectivity index (χ4v) is 2.51. The first-order valence-electron chi connectivity index (χ1n) is 6.52. The molecule has 15 heavy (non-hydrogen) atoms. The summed E-state index contributed by atoms with van der Waals surface area (Å²) in [6.07, 6.45) is 1.25. The third kappa shape index (κ3) is 3.76. The summed E-state index contributed by atoms with van der Waals surface area (Å²) in [5, 5.41) is 3.66. The van der Waals surface area contributed by atoms with Crippen molar-refractivity contribution in [3.8, 4) is 0 Å². The molecule has 0 amide bonds. The smallest absolute Gasteiger partial charge is 0.0244 e. The summed E-state index contributed by atoms with van der Waals surface area (Å²) in [6.45, 7) is 15.3. The lowest BCUT2D eigenvalue weighted by molar-refractivity contribution is 0.0855. The number of nitrogens with one attached hydrogen (secondary N) is 1. The standard InChI is InChI=1S/C13H28N2/c1-6-12-9-15(8-10(2)3)13(7-14-12)11(4)5/h10-14H,6-9H2,1-5H3. The number of rotatable bonds is 4. The molecule has 1 aliphatic heterocycles. The number of hydrogen-bond acceptors (Lipinski definition) is 2. The quantitative estimate of drug-likeness (QED) is 0.769. The zero-order chi connectivity index (χ0) is 11.4. The number of hydrogen-bond donors (Lipinski definition) is 1. The van der Waals surface area contributed by atoms with E-state index < -0.39 is 0 Å². The Bertz CT molecular complexity index is 177. The monoisotopic (exact) mass is 212 g/mol. The highest BCUT2D eigenvalue weighted by molar-refractivity contribution is 4.87. The minimum Gasteiger partial charge on any atom is -0.311 e. The predicted octanol–water partition coefficient (Wildman–Crippen LogP) is 2.35. The van der Waals surface area contributed by atoms with Crippen molar-refractivity contribution in [2.75, 3.05) is 19.6 Å². The highest BCUT2D eigenvalue weighted by Gasteiger charge is 2.28. The molecule has 0 bridgehead atoms. The van der Waals surface area contributed by atoms with E-state index in [1.54, 1.807) is 0 Å². The van der Waals surface area contributed by atoms with Gasteiger partial charge in [0.15, 0.2) is 0 Å². The molecule has 1 heterocycles. The van der Waals surface area contributed by atoms with E-state index in [2.05, 4.69) is 44.8 Å². The molecule has 0 aliphatic carbocycles. The van der Waals surface area contributed by atoms with Crippen molar-refractivity contribution in [1.29, 1.82) is 0 Å². The van der Waals surface area contributed by atoms with Gasteiger partial charge in [-0.2, -0.15) is 0 Å². The summed E-state index contributed by atoms with van der Waals surface area (Å²) in [7, 11) is 0. The highest BCUT2D eigenvalue weighted by atomic mass is 15.2. The molecule has 0 aromatic heterocycles. The summed E-state index contributed by atoms with van der Waals surface area (Å²) in [4.78, 5) is 2.69. The van der Waals surface area contributed by atoms with E-state index in [0.29, 0.717) is 6.04 Å². The second-order valence-corrected chi connectivity index (χ2v) is 5.67. The fraction of sp³-hybridized carbons (Fsp3) is 1.00. The van der Waals surface area contributed by atoms with Crippen LogP contribution in [0.1, 0.15) is 41.0 Å². The Kier molecular flexibility index (Phi) is 5.07. The van der Waals surface area contributed by atoms with Crippen LogP contribution >= 0.6 is 0 Å². The van der Waals surface area contributed by atoms with Crippen molar-refractivity contribution in [3.63, 3.8) is 0 Å². The predicted molar refractivity (Wildman–Crippen MR) is 67.1 cm³/mol. The second kappa shape index (κ2) is 5.86. The van der Waals surface area contributed by atoms with Gasteiger partial charge in [-0.3, -0.25) is 4.90 Å². The largest absolute Gasteiger partial charge is 0.311 e. The van der Waals surface area contributed by atoms with Crippen LogP contribution in [-0.4, -0.2) is 36.6 Å². The molecule has 2 heteroatoms. The van der Waals surface area contributed by atoms with Crippen molar-refractivity contribution < 1.29 is 0 Å². The molecule has 0 aromatic carbocycles. The van der Waals surface area contributed by atoms with Crippen LogP contribution in [0.15, 0.2) is 0 Å². The molecule has 90 valence electrons. The first kappa shape index (κ1) is 13.0. The van der Waals surface area contributed by atoms with E-state index in [-0.39, 0.29) is 0 Å². The molecular weight excluding hydrogens is 184 g/mol. The lowest BCUT2D eigenvalue weighted by atomic mass is 9.96. The van der Waals surface area contributed by atoms with Gasteiger partial charge in [0.1, 0.15) is 0 Å². The Morgan fingerprint density at radius 1 is 1.27 bits per heavy atom. The van der Waals surface area contributed by atoms with Gasteiger partial charge in [0.05, 0.1) is 0 Å². The second-order valence-electron chi connectivity index (χ2n) is 5.67. The van der Waals surface area contributed by atoms with E-state index in [4.69, 9.17) is 0 Å². The third-order valence-electron chi connectivity index (χ3n) is 3.40. The molecule has 0 radical (unpaired) electrons. The SMILES string of the molecule is CCC1CN(CC(C)C)C(C(C)C)CN1. The van der Waals surface area contributed by atoms with Crippen molar-refractivity contribution in [3.05, 3.63) is 0 Å². The first-order chi connectivity index (χ1) is 7.04. The van der Waals surface area contributed by atoms with Crippen molar-refractivity contribution in [2.24, 2.45) is 11.8 Å². The van der Waals surface area contributed by atoms with Crippen LogP contribution in [0, 0.1) is 11.8 Å². The molecule has 0 saturated carbocycles. The van der Waals surface area contributed by atoms with Crippen molar-refractivity contribution in [1.82, 2.24) is 10.2 Å². The molecule has 1 saturated heterocycles. The van der Waals surface area contributed by atoms with E-state index in [0.717, 1.165) is 17.9 Å². The zero-order valence-corrected chi connectivity index (χ0v) is 11.1. The van der Waals surface area contributed by atoms with Gasteiger partial charge in [0, 0.05) is 31.7 Å². The van der Waals surface area contributed by atoms with E-state index in [9.17, 15) is 0 Å². The van der Waals surface area contributed by atoms with Gasteiger partial charge in [0.25, 0.3) is 0 Å². The van der Waals surface area contributed by atoms with Crippen LogP contribution in [0.2, 0.25) is 0 Å². The van der Waals surface area contributed by atoms with Gasteiger partial charge in [-0.1, -0.05) is 34.6 Å². The van der Waals surface area contributed by atoms with Gasteiger partial charge in [-0.15, -0.1) is 0 Å². The summed E-state index contributed by atoms with van der Waals surface area (Å²) in [5.41, 5.74) is 0. The van der Waals surface area contributed by atoms with Crippen LogP contribution in [0.3, 0.4) is 0 Å². The normalized spacial score (nSPS) is 29.0. The van der Waals surface area contributed by atoms with Crippen LogP contribution < -0.4 is 5.32 Å².